The number of aromatic nitrogens is 1. The highest BCUT2D eigenvalue weighted by Crippen LogP contribution is 2.33. The summed E-state index contributed by atoms with van der Waals surface area (Å²) >= 11 is 3.24. The van der Waals surface area contributed by atoms with Crippen LogP contribution in [0.1, 0.15) is 43.1 Å². The fraction of sp³-hybridized carbons (Fsp3) is 0.273. The molecule has 0 atom stereocenters. The van der Waals surface area contributed by atoms with Gasteiger partial charge in [0.1, 0.15) is 10.6 Å². The third kappa shape index (κ3) is 5.44. The van der Waals surface area contributed by atoms with Gasteiger partial charge in [-0.25, -0.2) is 9.78 Å². The Labute approximate surface area is 168 Å². The maximum Gasteiger partial charge on any atom is 0.338 e. The molecule has 27 heavy (non-hydrogen) atoms. The zero-order valence-electron chi connectivity index (χ0n) is 16.0. The van der Waals surface area contributed by atoms with Crippen molar-refractivity contribution in [3.63, 3.8) is 0 Å². The monoisotopic (exact) mass is 397 g/mol. The number of ether oxygens (including phenoxy) is 1. The largest absolute Gasteiger partial charge is 0.456 e. The normalized spacial score (nSPS) is 11.4. The number of hydrogen-bond acceptors (Lipinski definition) is 5. The minimum absolute atomic E-state index is 0.311. The van der Waals surface area contributed by atoms with Crippen LogP contribution in [0.15, 0.2) is 63.8 Å². The first-order valence-electron chi connectivity index (χ1n) is 8.90. The minimum Gasteiger partial charge on any atom is -0.456 e. The van der Waals surface area contributed by atoms with Gasteiger partial charge in [-0.1, -0.05) is 49.0 Å². The van der Waals surface area contributed by atoms with Crippen LogP contribution in [-0.4, -0.2) is 16.6 Å². The molecule has 3 rings (SSSR count). The minimum atomic E-state index is -0.530. The average molecular weight is 398 g/mol. The molecular weight excluding hydrogens is 374 g/mol. The highest BCUT2D eigenvalue weighted by atomic mass is 32.2. The Morgan fingerprint density at radius 3 is 2.48 bits per heavy atom. The van der Waals surface area contributed by atoms with Crippen molar-refractivity contribution in [1.82, 2.24) is 4.98 Å². The summed E-state index contributed by atoms with van der Waals surface area (Å²) in [6, 6.07) is 15.9. The molecular formula is C22H23NO2S2. The Balaban J connectivity index is 1.98. The van der Waals surface area contributed by atoms with Gasteiger partial charge in [0.25, 0.3) is 0 Å². The molecule has 0 saturated heterocycles. The van der Waals surface area contributed by atoms with Gasteiger partial charge < -0.3 is 4.74 Å². The van der Waals surface area contributed by atoms with Gasteiger partial charge in [0.2, 0.25) is 0 Å². The maximum absolute atomic E-state index is 12.7. The first kappa shape index (κ1) is 19.6. The van der Waals surface area contributed by atoms with Gasteiger partial charge in [0.15, 0.2) is 0 Å². The predicted octanol–water partition coefficient (Wildman–Crippen LogP) is 6.48. The van der Waals surface area contributed by atoms with E-state index in [0.717, 1.165) is 32.5 Å². The molecule has 1 heterocycles. The molecule has 3 nitrogen and oxygen atoms in total. The van der Waals surface area contributed by atoms with Crippen molar-refractivity contribution >= 4 is 29.1 Å². The third-order valence-corrected chi connectivity index (χ3v) is 5.74. The summed E-state index contributed by atoms with van der Waals surface area (Å²) in [5.41, 5.74) is 2.09. The number of carbonyl (C=O) groups is 1. The molecule has 0 unspecified atom stereocenters. The summed E-state index contributed by atoms with van der Waals surface area (Å²) in [5, 5.41) is 4.13. The number of rotatable bonds is 5. The first-order chi connectivity index (χ1) is 12.8. The molecule has 0 spiro atoms. The molecule has 0 N–H and O–H groups in total. The van der Waals surface area contributed by atoms with Crippen LogP contribution >= 0.6 is 23.1 Å². The number of nitrogens with zero attached hydrogens (tertiary/aromatic N) is 1. The lowest BCUT2D eigenvalue weighted by atomic mass is 10.0. The third-order valence-electron chi connectivity index (χ3n) is 3.70. The van der Waals surface area contributed by atoms with E-state index in [1.54, 1.807) is 23.1 Å². The summed E-state index contributed by atoms with van der Waals surface area (Å²) in [4.78, 5) is 18.3. The first-order valence-corrected chi connectivity index (χ1v) is 10.6. The second-order valence-electron chi connectivity index (χ2n) is 7.15. The van der Waals surface area contributed by atoms with E-state index in [9.17, 15) is 4.79 Å². The fourth-order valence-corrected chi connectivity index (χ4v) is 4.31. The van der Waals surface area contributed by atoms with Gasteiger partial charge in [-0.2, -0.15) is 0 Å². The molecule has 3 aromatic rings. The van der Waals surface area contributed by atoms with Crippen LogP contribution in [0.5, 0.6) is 0 Å². The molecule has 0 fully saturated rings. The van der Waals surface area contributed by atoms with E-state index in [4.69, 9.17) is 4.74 Å². The van der Waals surface area contributed by atoms with Gasteiger partial charge in [-0.15, -0.1) is 11.3 Å². The van der Waals surface area contributed by atoms with Crippen LogP contribution in [0, 0.1) is 0 Å². The van der Waals surface area contributed by atoms with Crippen molar-refractivity contribution < 1.29 is 9.53 Å². The zero-order valence-corrected chi connectivity index (χ0v) is 17.6. The molecule has 0 aliphatic carbocycles. The van der Waals surface area contributed by atoms with E-state index in [-0.39, 0.29) is 5.97 Å². The van der Waals surface area contributed by atoms with Gasteiger partial charge in [-0.3, -0.25) is 0 Å². The highest BCUT2D eigenvalue weighted by molar-refractivity contribution is 7.99. The molecule has 0 aliphatic heterocycles. The second kappa shape index (κ2) is 8.28. The number of carbonyl (C=O) groups excluding carboxylic acids is 1. The predicted molar refractivity (Wildman–Crippen MR) is 113 cm³/mol. The molecule has 2 aromatic carbocycles. The van der Waals surface area contributed by atoms with Crippen LogP contribution in [-0.2, 0) is 11.2 Å². The zero-order chi connectivity index (χ0) is 19.4. The highest BCUT2D eigenvalue weighted by Gasteiger charge is 2.19. The lowest BCUT2D eigenvalue weighted by Crippen LogP contribution is -2.23. The summed E-state index contributed by atoms with van der Waals surface area (Å²) in [6.07, 6.45) is 0.929. The van der Waals surface area contributed by atoms with Crippen molar-refractivity contribution in [3.8, 4) is 11.1 Å². The Morgan fingerprint density at radius 1 is 1.11 bits per heavy atom. The number of benzene rings is 2. The van der Waals surface area contributed by atoms with Crippen molar-refractivity contribution in [2.24, 2.45) is 0 Å². The summed E-state index contributed by atoms with van der Waals surface area (Å²) < 4.78 is 5.58. The lowest BCUT2D eigenvalue weighted by molar-refractivity contribution is 0.00693. The Morgan fingerprint density at radius 2 is 1.85 bits per heavy atom. The molecule has 0 bridgehead atoms. The standard InChI is InChI=1S/C22H23NO2S2/c1-5-19-23-20(14-26-19)27-18-12-16(15-9-7-6-8-10-15)11-17(13-18)21(24)25-22(2,3)4/h6-14H,5H2,1-4H3. The number of esters is 1. The van der Waals surface area contributed by atoms with Crippen molar-refractivity contribution in [2.45, 2.75) is 49.6 Å². The molecule has 0 aliphatic rings. The van der Waals surface area contributed by atoms with Crippen LogP contribution < -0.4 is 0 Å². The molecule has 0 saturated carbocycles. The maximum atomic E-state index is 12.7. The molecule has 1 aromatic heterocycles. The van der Waals surface area contributed by atoms with Crippen LogP contribution in [0.4, 0.5) is 0 Å². The van der Waals surface area contributed by atoms with E-state index in [1.807, 2.05) is 63.2 Å². The van der Waals surface area contributed by atoms with Crippen molar-refractivity contribution in [2.75, 3.05) is 0 Å². The summed E-state index contributed by atoms with van der Waals surface area (Å²) in [5.74, 6) is -0.311. The van der Waals surface area contributed by atoms with E-state index in [1.165, 1.54) is 0 Å². The molecule has 0 radical (unpaired) electrons. The number of thiazole rings is 1. The Hall–Kier alpha value is -2.11. The topological polar surface area (TPSA) is 39.2 Å². The number of hydrogen-bond donors (Lipinski definition) is 0. The van der Waals surface area contributed by atoms with Crippen LogP contribution in [0.25, 0.3) is 11.1 Å². The van der Waals surface area contributed by atoms with E-state index in [2.05, 4.69) is 23.4 Å². The van der Waals surface area contributed by atoms with E-state index < -0.39 is 5.60 Å². The van der Waals surface area contributed by atoms with E-state index >= 15 is 0 Å². The van der Waals surface area contributed by atoms with Gasteiger partial charge in [0.05, 0.1) is 10.6 Å². The SMILES string of the molecule is CCc1nc(Sc2cc(C(=O)OC(C)(C)C)cc(-c3ccccc3)c2)cs1. The summed E-state index contributed by atoms with van der Waals surface area (Å²) in [6.45, 7) is 7.74. The number of aryl methyl sites for hydroxylation is 1. The Kier molecular flexibility index (Phi) is 6.02. The second-order valence-corrected chi connectivity index (χ2v) is 9.19. The molecule has 140 valence electrons. The smallest absolute Gasteiger partial charge is 0.338 e. The quantitative estimate of drug-likeness (QED) is 0.462. The fourth-order valence-electron chi connectivity index (χ4n) is 2.53. The average Bonchev–Trinajstić information content (AvgIpc) is 3.08. The van der Waals surface area contributed by atoms with Gasteiger partial charge >= 0.3 is 5.97 Å². The van der Waals surface area contributed by atoms with Crippen LogP contribution in [0.2, 0.25) is 0 Å². The molecule has 0 amide bonds. The molecule has 5 heteroatoms. The van der Waals surface area contributed by atoms with Gasteiger partial charge in [0, 0.05) is 10.3 Å². The van der Waals surface area contributed by atoms with Crippen molar-refractivity contribution in [1.29, 1.82) is 0 Å². The van der Waals surface area contributed by atoms with Crippen molar-refractivity contribution in [3.05, 3.63) is 64.5 Å². The van der Waals surface area contributed by atoms with E-state index in [0.29, 0.717) is 5.56 Å². The lowest BCUT2D eigenvalue weighted by Gasteiger charge is -2.20. The Bertz CT molecular complexity index is 927. The van der Waals surface area contributed by atoms with Crippen LogP contribution in [0.3, 0.4) is 0 Å². The van der Waals surface area contributed by atoms with Gasteiger partial charge in [-0.05, 0) is 56.5 Å². The summed E-state index contributed by atoms with van der Waals surface area (Å²) in [7, 11) is 0.